The van der Waals surface area contributed by atoms with Crippen molar-refractivity contribution in [2.24, 2.45) is 0 Å². The predicted octanol–water partition coefficient (Wildman–Crippen LogP) is 3.29. The van der Waals surface area contributed by atoms with Crippen molar-refractivity contribution in [3.63, 3.8) is 0 Å². The number of hydrogen-bond acceptors (Lipinski definition) is 7. The Hall–Kier alpha value is -1.29. The monoisotopic (exact) mass is 456 g/mol. The van der Waals surface area contributed by atoms with E-state index in [0.717, 1.165) is 21.3 Å². The molecule has 0 unspecified atom stereocenters. The van der Waals surface area contributed by atoms with Gasteiger partial charge in [0, 0.05) is 23.6 Å². The highest BCUT2D eigenvalue weighted by Crippen LogP contribution is 2.36. The molecule has 2 aromatic heterocycles. The molecule has 0 bridgehead atoms. The van der Waals surface area contributed by atoms with Gasteiger partial charge in [0.25, 0.3) is 0 Å². The molecule has 0 spiro atoms. The lowest BCUT2D eigenvalue weighted by atomic mass is 9.79. The number of aryl methyl sites for hydroxylation is 2. The molecule has 1 saturated heterocycles. The van der Waals surface area contributed by atoms with E-state index in [4.69, 9.17) is 25.6 Å². The van der Waals surface area contributed by atoms with Crippen LogP contribution in [0.4, 0.5) is 0 Å². The second-order valence-corrected chi connectivity index (χ2v) is 8.25. The predicted molar refractivity (Wildman–Crippen MR) is 109 cm³/mol. The first-order valence-corrected chi connectivity index (χ1v) is 9.52. The summed E-state index contributed by atoms with van der Waals surface area (Å²) in [6, 6.07) is 0.354. The fourth-order valence-corrected chi connectivity index (χ4v) is 2.55. The second-order valence-electron chi connectivity index (χ2n) is 7.06. The summed E-state index contributed by atoms with van der Waals surface area (Å²) in [4.78, 5) is 16.0. The van der Waals surface area contributed by atoms with Crippen molar-refractivity contribution in [3.8, 4) is 6.01 Å². The minimum atomic E-state index is -0.430. The summed E-state index contributed by atoms with van der Waals surface area (Å²) in [5, 5.41) is 0.288. The van der Waals surface area contributed by atoms with E-state index in [9.17, 15) is 0 Å². The summed E-state index contributed by atoms with van der Waals surface area (Å²) in [7, 11) is 1.12. The third kappa shape index (κ3) is 5.16. The molecule has 7 nitrogen and oxygen atoms in total. The van der Waals surface area contributed by atoms with E-state index in [1.54, 1.807) is 19.5 Å². The van der Waals surface area contributed by atoms with Crippen LogP contribution in [0.15, 0.2) is 16.9 Å². The van der Waals surface area contributed by atoms with Gasteiger partial charge in [-0.25, -0.2) is 19.9 Å². The van der Waals surface area contributed by atoms with Crippen LogP contribution in [-0.4, -0.2) is 45.4 Å². The molecule has 1 aliphatic heterocycles. The quantitative estimate of drug-likeness (QED) is 0.506. The molecule has 10 heteroatoms. The van der Waals surface area contributed by atoms with Gasteiger partial charge in [-0.1, -0.05) is 0 Å². The zero-order valence-corrected chi connectivity index (χ0v) is 18.8. The Bertz CT molecular complexity index is 807. The Balaban J connectivity index is 0.000000244. The first kappa shape index (κ1) is 22.0. The first-order chi connectivity index (χ1) is 12.5. The maximum absolute atomic E-state index is 5.96. The number of halogens is 2. The van der Waals surface area contributed by atoms with Crippen molar-refractivity contribution in [3.05, 3.63) is 33.5 Å². The molecule has 0 aromatic carbocycles. The van der Waals surface area contributed by atoms with E-state index in [1.165, 1.54) is 0 Å². The van der Waals surface area contributed by atoms with E-state index in [1.807, 2.05) is 41.5 Å². The van der Waals surface area contributed by atoms with Crippen LogP contribution in [0.1, 0.15) is 39.1 Å². The Kier molecular flexibility index (Phi) is 6.83. The number of nitrogens with zero attached hydrogens (tertiary/aromatic N) is 4. The fourth-order valence-electron chi connectivity index (χ4n) is 2.18. The molecule has 1 aliphatic rings. The number of methoxy groups -OCH3 is 1. The highest BCUT2D eigenvalue weighted by molar-refractivity contribution is 9.10. The normalized spacial score (nSPS) is 17.3. The smallest absolute Gasteiger partial charge is 0.467 e. The van der Waals surface area contributed by atoms with Crippen LogP contribution in [0, 0.1) is 13.8 Å². The highest BCUT2D eigenvalue weighted by atomic mass is 79.9. The lowest BCUT2D eigenvalue weighted by Gasteiger charge is -2.32. The van der Waals surface area contributed by atoms with Crippen LogP contribution < -0.4 is 10.2 Å². The topological polar surface area (TPSA) is 79.2 Å². The molecule has 0 amide bonds. The van der Waals surface area contributed by atoms with Crippen molar-refractivity contribution in [2.75, 3.05) is 7.11 Å². The van der Waals surface area contributed by atoms with Gasteiger partial charge in [0.1, 0.15) is 0 Å². The van der Waals surface area contributed by atoms with Gasteiger partial charge in [-0.05, 0) is 69.1 Å². The van der Waals surface area contributed by atoms with Crippen LogP contribution >= 0.6 is 27.5 Å². The van der Waals surface area contributed by atoms with Gasteiger partial charge >= 0.3 is 13.1 Å². The molecule has 27 heavy (non-hydrogen) atoms. The van der Waals surface area contributed by atoms with Gasteiger partial charge < -0.3 is 14.0 Å². The summed E-state index contributed by atoms with van der Waals surface area (Å²) in [5.74, 6) is 0. The van der Waals surface area contributed by atoms with Gasteiger partial charge in [-0.15, -0.1) is 0 Å². The van der Waals surface area contributed by atoms with Crippen molar-refractivity contribution < 1.29 is 14.0 Å². The third-order valence-electron chi connectivity index (χ3n) is 4.57. The summed E-state index contributed by atoms with van der Waals surface area (Å²) < 4.78 is 17.8. The zero-order valence-electron chi connectivity index (χ0n) is 16.5. The van der Waals surface area contributed by atoms with Crippen molar-refractivity contribution in [2.45, 2.75) is 52.7 Å². The fraction of sp³-hybridized carbons (Fsp3) is 0.529. The van der Waals surface area contributed by atoms with Gasteiger partial charge in [-0.2, -0.15) is 0 Å². The number of hydrogen-bond donors (Lipinski definition) is 0. The largest absolute Gasteiger partial charge is 0.498 e. The Morgan fingerprint density at radius 3 is 2.04 bits per heavy atom. The van der Waals surface area contributed by atoms with Crippen molar-refractivity contribution in [1.82, 2.24) is 19.9 Å². The van der Waals surface area contributed by atoms with Crippen molar-refractivity contribution >= 4 is 40.1 Å². The Labute approximate surface area is 173 Å². The Morgan fingerprint density at radius 2 is 1.59 bits per heavy atom. The standard InChI is InChI=1S/C12H19BN2O3.C5H4BrClN2/c1-8-9(7-14-10(15-8)16-6)13-17-11(2,3)12(4,5)18-13;1-3-4(6)2-8-5(7)9-3/h7H,1-6H3;2H,1H3. The van der Waals surface area contributed by atoms with Gasteiger partial charge in [-0.3, -0.25) is 0 Å². The summed E-state index contributed by atoms with van der Waals surface area (Å²) in [6.45, 7) is 11.8. The van der Waals surface area contributed by atoms with Crippen LogP contribution in [0.5, 0.6) is 6.01 Å². The molecule has 3 heterocycles. The molecule has 3 rings (SSSR count). The molecule has 2 aromatic rings. The van der Waals surface area contributed by atoms with E-state index in [-0.39, 0.29) is 16.5 Å². The molecule has 0 N–H and O–H groups in total. The van der Waals surface area contributed by atoms with E-state index in [0.29, 0.717) is 6.01 Å². The zero-order chi connectivity index (χ0) is 20.4. The van der Waals surface area contributed by atoms with Gasteiger partial charge in [0.05, 0.1) is 28.5 Å². The maximum atomic E-state index is 5.96. The maximum Gasteiger partial charge on any atom is 0.498 e. The number of rotatable bonds is 2. The summed E-state index contributed by atoms with van der Waals surface area (Å²) in [5.41, 5.74) is 1.79. The Morgan fingerprint density at radius 1 is 1.00 bits per heavy atom. The molecule has 1 fully saturated rings. The number of ether oxygens (including phenoxy) is 1. The molecule has 0 saturated carbocycles. The molecule has 0 atom stereocenters. The highest BCUT2D eigenvalue weighted by Gasteiger charge is 2.52. The molecule has 0 aliphatic carbocycles. The molecular formula is C17H23BBrClN4O3. The van der Waals surface area contributed by atoms with Crippen LogP contribution in [0.25, 0.3) is 0 Å². The van der Waals surface area contributed by atoms with E-state index in [2.05, 4.69) is 35.9 Å². The lowest BCUT2D eigenvalue weighted by Crippen LogP contribution is -2.41. The summed E-state index contributed by atoms with van der Waals surface area (Å²) >= 11 is 8.72. The molecule has 0 radical (unpaired) electrons. The lowest BCUT2D eigenvalue weighted by molar-refractivity contribution is 0.00578. The minimum absolute atomic E-state index is 0.288. The van der Waals surface area contributed by atoms with Crippen LogP contribution in [-0.2, 0) is 9.31 Å². The van der Waals surface area contributed by atoms with Crippen molar-refractivity contribution in [1.29, 1.82) is 0 Å². The van der Waals surface area contributed by atoms with Crippen LogP contribution in [0.3, 0.4) is 0 Å². The SMILES string of the molecule is COc1ncc(B2OC(C)(C)C(C)(C)O2)c(C)n1.Cc1nc(Cl)ncc1Br. The van der Waals surface area contributed by atoms with E-state index < -0.39 is 7.12 Å². The number of aromatic nitrogens is 4. The average molecular weight is 458 g/mol. The average Bonchev–Trinajstić information content (AvgIpc) is 2.79. The van der Waals surface area contributed by atoms with Gasteiger partial charge in [0.15, 0.2) is 0 Å². The minimum Gasteiger partial charge on any atom is -0.467 e. The molecule has 146 valence electrons. The van der Waals surface area contributed by atoms with Crippen LogP contribution in [0.2, 0.25) is 5.28 Å². The second kappa shape index (κ2) is 8.38. The van der Waals surface area contributed by atoms with E-state index >= 15 is 0 Å². The third-order valence-corrected chi connectivity index (χ3v) is 5.54. The first-order valence-electron chi connectivity index (χ1n) is 8.34. The van der Waals surface area contributed by atoms with Gasteiger partial charge in [0.2, 0.25) is 5.28 Å². The molecular weight excluding hydrogens is 434 g/mol. The summed E-state index contributed by atoms with van der Waals surface area (Å²) in [6.07, 6.45) is 3.33.